The van der Waals surface area contributed by atoms with Crippen LogP contribution in [0.25, 0.3) is 0 Å². The number of nitrogens with two attached hydrogens (primary N) is 1. The summed E-state index contributed by atoms with van der Waals surface area (Å²) in [4.78, 5) is 15.8. The second-order valence-electron chi connectivity index (χ2n) is 4.35. The maximum absolute atomic E-state index is 12.0. The smallest absolute Gasteiger partial charge is 0.254 e. The number of hydrogen-bond donors (Lipinski definition) is 2. The summed E-state index contributed by atoms with van der Waals surface area (Å²) in [6.07, 6.45) is 1.97. The van der Waals surface area contributed by atoms with Crippen LogP contribution in [0.15, 0.2) is 30.5 Å². The van der Waals surface area contributed by atoms with Crippen molar-refractivity contribution in [3.63, 3.8) is 0 Å². The second kappa shape index (κ2) is 6.98. The molecule has 1 aromatic carbocycles. The molecule has 21 heavy (non-hydrogen) atoms. The third-order valence-corrected chi connectivity index (χ3v) is 3.69. The number of benzene rings is 1. The molecular formula is C14H12Cl3N3O. The van der Waals surface area contributed by atoms with Crippen molar-refractivity contribution in [1.82, 2.24) is 10.3 Å². The molecule has 1 heterocycles. The zero-order valence-corrected chi connectivity index (χ0v) is 13.1. The van der Waals surface area contributed by atoms with Gasteiger partial charge in [-0.15, -0.1) is 0 Å². The lowest BCUT2D eigenvalue weighted by atomic mass is 10.1. The fraction of sp³-hybridized carbons (Fsp3) is 0.143. The molecule has 0 bridgehead atoms. The van der Waals surface area contributed by atoms with Crippen molar-refractivity contribution in [1.29, 1.82) is 0 Å². The molecule has 0 fully saturated rings. The van der Waals surface area contributed by atoms with E-state index in [2.05, 4.69) is 10.3 Å². The van der Waals surface area contributed by atoms with Crippen LogP contribution in [-0.2, 0) is 6.42 Å². The van der Waals surface area contributed by atoms with Crippen LogP contribution in [0, 0.1) is 0 Å². The first-order valence-electron chi connectivity index (χ1n) is 6.10. The molecule has 0 saturated heterocycles. The van der Waals surface area contributed by atoms with Crippen molar-refractivity contribution in [3.8, 4) is 0 Å². The summed E-state index contributed by atoms with van der Waals surface area (Å²) in [7, 11) is 0. The summed E-state index contributed by atoms with van der Waals surface area (Å²) in [5.41, 5.74) is 7.12. The normalized spacial score (nSPS) is 10.4. The number of anilines is 1. The van der Waals surface area contributed by atoms with Gasteiger partial charge in [0.2, 0.25) is 0 Å². The topological polar surface area (TPSA) is 68.0 Å². The maximum Gasteiger partial charge on any atom is 0.254 e. The predicted molar refractivity (Wildman–Crippen MR) is 86.2 cm³/mol. The maximum atomic E-state index is 12.0. The Kier molecular flexibility index (Phi) is 5.28. The molecule has 0 aliphatic heterocycles. The molecule has 0 atom stereocenters. The van der Waals surface area contributed by atoms with Gasteiger partial charge in [0.15, 0.2) is 0 Å². The molecule has 0 aliphatic rings. The van der Waals surface area contributed by atoms with E-state index in [1.54, 1.807) is 12.1 Å². The summed E-state index contributed by atoms with van der Waals surface area (Å²) >= 11 is 17.8. The molecule has 2 aromatic rings. The highest BCUT2D eigenvalue weighted by molar-refractivity contribution is 6.35. The van der Waals surface area contributed by atoms with Crippen LogP contribution < -0.4 is 11.1 Å². The van der Waals surface area contributed by atoms with Gasteiger partial charge in [-0.1, -0.05) is 40.9 Å². The van der Waals surface area contributed by atoms with Crippen molar-refractivity contribution in [2.24, 2.45) is 0 Å². The van der Waals surface area contributed by atoms with Gasteiger partial charge >= 0.3 is 0 Å². The van der Waals surface area contributed by atoms with Crippen molar-refractivity contribution >= 4 is 46.4 Å². The minimum absolute atomic E-state index is 0.117. The van der Waals surface area contributed by atoms with Gasteiger partial charge in [0, 0.05) is 16.6 Å². The summed E-state index contributed by atoms with van der Waals surface area (Å²) in [6.45, 7) is 0.408. The molecule has 4 nitrogen and oxygen atoms in total. The second-order valence-corrected chi connectivity index (χ2v) is 5.55. The number of halogens is 3. The van der Waals surface area contributed by atoms with Gasteiger partial charge in [-0.25, -0.2) is 4.98 Å². The average Bonchev–Trinajstić information content (AvgIpc) is 2.43. The van der Waals surface area contributed by atoms with Gasteiger partial charge in [-0.3, -0.25) is 4.79 Å². The highest BCUT2D eigenvalue weighted by Crippen LogP contribution is 2.21. The SMILES string of the molecule is Nc1cnc(Cl)c(C(=O)NCCc2ccc(Cl)cc2Cl)c1. The summed E-state index contributed by atoms with van der Waals surface area (Å²) in [5, 5.41) is 4.01. The minimum Gasteiger partial charge on any atom is -0.397 e. The standard InChI is InChI=1S/C14H12Cl3N3O/c15-9-2-1-8(12(16)5-9)3-4-19-14(21)11-6-10(18)7-20-13(11)17/h1-2,5-7H,3-4,18H2,(H,19,21). The number of carbonyl (C=O) groups excluding carboxylic acids is 1. The molecule has 0 spiro atoms. The van der Waals surface area contributed by atoms with Gasteiger partial charge in [-0.2, -0.15) is 0 Å². The van der Waals surface area contributed by atoms with Crippen molar-refractivity contribution in [3.05, 3.63) is 56.8 Å². The van der Waals surface area contributed by atoms with E-state index in [4.69, 9.17) is 40.5 Å². The summed E-state index contributed by atoms with van der Waals surface area (Å²) in [6, 6.07) is 6.73. The van der Waals surface area contributed by atoms with Gasteiger partial charge in [0.1, 0.15) is 5.15 Å². The van der Waals surface area contributed by atoms with E-state index < -0.39 is 0 Å². The number of nitrogen functional groups attached to an aromatic ring is 1. The van der Waals surface area contributed by atoms with Gasteiger partial charge < -0.3 is 11.1 Å². The Labute approximate surface area is 137 Å². The van der Waals surface area contributed by atoms with Crippen LogP contribution in [0.4, 0.5) is 5.69 Å². The van der Waals surface area contributed by atoms with Gasteiger partial charge in [0.25, 0.3) is 5.91 Å². The highest BCUT2D eigenvalue weighted by atomic mass is 35.5. The number of aromatic nitrogens is 1. The predicted octanol–water partition coefficient (Wildman–Crippen LogP) is 3.60. The molecular weight excluding hydrogens is 333 g/mol. The van der Waals surface area contributed by atoms with Crippen LogP contribution in [0.3, 0.4) is 0 Å². The summed E-state index contributed by atoms with van der Waals surface area (Å²) in [5.74, 6) is -0.329. The Hall–Kier alpha value is -1.49. The van der Waals surface area contributed by atoms with Crippen molar-refractivity contribution in [2.75, 3.05) is 12.3 Å². The number of nitrogens with zero attached hydrogens (tertiary/aromatic N) is 1. The van der Waals surface area contributed by atoms with Crippen molar-refractivity contribution < 1.29 is 4.79 Å². The molecule has 2 rings (SSSR count). The van der Waals surface area contributed by atoms with Crippen LogP contribution in [0.5, 0.6) is 0 Å². The Bertz CT molecular complexity index is 677. The lowest BCUT2D eigenvalue weighted by molar-refractivity contribution is 0.0954. The van der Waals surface area contributed by atoms with Crippen LogP contribution in [0.1, 0.15) is 15.9 Å². The van der Waals surface area contributed by atoms with E-state index in [0.29, 0.717) is 28.7 Å². The number of amides is 1. The van der Waals surface area contributed by atoms with E-state index in [-0.39, 0.29) is 16.6 Å². The van der Waals surface area contributed by atoms with E-state index in [0.717, 1.165) is 5.56 Å². The first-order valence-corrected chi connectivity index (χ1v) is 7.24. The van der Waals surface area contributed by atoms with E-state index >= 15 is 0 Å². The average molecular weight is 345 g/mol. The van der Waals surface area contributed by atoms with Crippen LogP contribution in [0.2, 0.25) is 15.2 Å². The highest BCUT2D eigenvalue weighted by Gasteiger charge is 2.11. The number of pyridine rings is 1. The van der Waals surface area contributed by atoms with Crippen molar-refractivity contribution in [2.45, 2.75) is 6.42 Å². The Balaban J connectivity index is 1.97. The number of hydrogen-bond acceptors (Lipinski definition) is 3. The molecule has 3 N–H and O–H groups in total. The molecule has 110 valence electrons. The molecule has 0 aliphatic carbocycles. The third kappa shape index (κ3) is 4.24. The van der Waals surface area contributed by atoms with Gasteiger partial charge in [-0.05, 0) is 30.2 Å². The molecule has 0 saturated carbocycles. The fourth-order valence-electron chi connectivity index (χ4n) is 1.75. The number of carbonyl (C=O) groups is 1. The fourth-order valence-corrected chi connectivity index (χ4v) is 2.45. The lowest BCUT2D eigenvalue weighted by Gasteiger charge is -2.08. The zero-order chi connectivity index (χ0) is 15.4. The number of rotatable bonds is 4. The van der Waals surface area contributed by atoms with Crippen LogP contribution in [-0.4, -0.2) is 17.4 Å². The van der Waals surface area contributed by atoms with Gasteiger partial charge in [0.05, 0.1) is 17.4 Å². The minimum atomic E-state index is -0.329. The third-order valence-electron chi connectivity index (χ3n) is 2.80. The largest absolute Gasteiger partial charge is 0.397 e. The quantitative estimate of drug-likeness (QED) is 0.833. The molecule has 0 unspecified atom stereocenters. The first-order chi connectivity index (χ1) is 9.97. The molecule has 7 heteroatoms. The van der Waals surface area contributed by atoms with E-state index in [9.17, 15) is 4.79 Å². The van der Waals surface area contributed by atoms with E-state index in [1.165, 1.54) is 12.3 Å². The zero-order valence-electron chi connectivity index (χ0n) is 10.9. The first kappa shape index (κ1) is 15.9. The Morgan fingerprint density at radius 2 is 2.00 bits per heavy atom. The Morgan fingerprint density at radius 3 is 2.71 bits per heavy atom. The van der Waals surface area contributed by atoms with Crippen LogP contribution >= 0.6 is 34.8 Å². The molecule has 1 aromatic heterocycles. The molecule has 1 amide bonds. The monoisotopic (exact) mass is 343 g/mol. The summed E-state index contributed by atoms with van der Waals surface area (Å²) < 4.78 is 0. The number of nitrogens with one attached hydrogen (secondary N) is 1. The Morgan fingerprint density at radius 1 is 1.24 bits per heavy atom. The van der Waals surface area contributed by atoms with E-state index in [1.807, 2.05) is 6.07 Å². The molecule has 0 radical (unpaired) electrons. The lowest BCUT2D eigenvalue weighted by Crippen LogP contribution is -2.26.